The van der Waals surface area contributed by atoms with Crippen LogP contribution >= 0.6 is 11.3 Å². The number of thiophene rings is 1. The van der Waals surface area contributed by atoms with Crippen LogP contribution in [0.15, 0.2) is 17.5 Å². The van der Waals surface area contributed by atoms with E-state index in [9.17, 15) is 0 Å². The Morgan fingerprint density at radius 3 is 2.70 bits per heavy atom. The highest BCUT2D eigenvalue weighted by Gasteiger charge is 2.29. The van der Waals surface area contributed by atoms with E-state index in [4.69, 9.17) is 0 Å². The summed E-state index contributed by atoms with van der Waals surface area (Å²) in [5.41, 5.74) is 0.379. The van der Waals surface area contributed by atoms with Gasteiger partial charge in [-0.3, -0.25) is 4.90 Å². The molecule has 2 nitrogen and oxygen atoms in total. The lowest BCUT2D eigenvalue weighted by molar-refractivity contribution is 0.121. The molecule has 1 N–H and O–H groups in total. The van der Waals surface area contributed by atoms with Crippen molar-refractivity contribution in [2.45, 2.75) is 65.6 Å². The second kappa shape index (κ2) is 7.06. The zero-order chi connectivity index (χ0) is 14.6. The second-order valence-electron chi connectivity index (χ2n) is 6.90. The molecule has 0 amide bonds. The van der Waals surface area contributed by atoms with Gasteiger partial charge in [-0.15, -0.1) is 11.3 Å². The van der Waals surface area contributed by atoms with E-state index in [1.165, 1.54) is 30.7 Å². The molecule has 1 fully saturated rings. The fourth-order valence-corrected chi connectivity index (χ4v) is 3.21. The molecule has 3 heteroatoms. The molecule has 1 aromatic heterocycles. The minimum Gasteiger partial charge on any atom is -0.313 e. The van der Waals surface area contributed by atoms with Gasteiger partial charge in [-0.2, -0.15) is 0 Å². The molecule has 0 saturated heterocycles. The first-order valence-electron chi connectivity index (χ1n) is 8.02. The Morgan fingerprint density at radius 2 is 2.20 bits per heavy atom. The van der Waals surface area contributed by atoms with Crippen molar-refractivity contribution < 1.29 is 0 Å². The molecule has 20 heavy (non-hydrogen) atoms. The summed E-state index contributed by atoms with van der Waals surface area (Å²) in [4.78, 5) is 4.11. The highest BCUT2D eigenvalue weighted by molar-refractivity contribution is 7.09. The van der Waals surface area contributed by atoms with Crippen LogP contribution in [0, 0.1) is 5.41 Å². The summed E-state index contributed by atoms with van der Waals surface area (Å²) in [5.74, 6) is 0. The molecule has 0 aromatic carbocycles. The maximum atomic E-state index is 3.73. The first-order chi connectivity index (χ1) is 9.52. The SMILES string of the molecule is CCC(C)(CNC1CC1)CN(Cc1cccs1)C(C)C. The number of hydrogen-bond acceptors (Lipinski definition) is 3. The summed E-state index contributed by atoms with van der Waals surface area (Å²) < 4.78 is 0. The summed E-state index contributed by atoms with van der Waals surface area (Å²) in [6, 6.07) is 5.83. The largest absolute Gasteiger partial charge is 0.313 e. The number of nitrogens with zero attached hydrogens (tertiary/aromatic N) is 1. The summed E-state index contributed by atoms with van der Waals surface area (Å²) in [6.07, 6.45) is 3.99. The van der Waals surface area contributed by atoms with Gasteiger partial charge in [0.25, 0.3) is 0 Å². The lowest BCUT2D eigenvalue weighted by Crippen LogP contribution is -2.44. The molecular weight excluding hydrogens is 264 g/mol. The molecule has 1 aliphatic rings. The van der Waals surface area contributed by atoms with Crippen LogP contribution in [0.2, 0.25) is 0 Å². The zero-order valence-electron chi connectivity index (χ0n) is 13.5. The molecule has 0 spiro atoms. The van der Waals surface area contributed by atoms with Crippen LogP contribution in [-0.4, -0.2) is 30.1 Å². The first kappa shape index (κ1) is 16.0. The lowest BCUT2D eigenvalue weighted by atomic mass is 9.86. The van der Waals surface area contributed by atoms with Gasteiger partial charge in [0, 0.05) is 36.6 Å². The highest BCUT2D eigenvalue weighted by atomic mass is 32.1. The van der Waals surface area contributed by atoms with E-state index in [1.54, 1.807) is 0 Å². The van der Waals surface area contributed by atoms with Crippen molar-refractivity contribution in [1.29, 1.82) is 0 Å². The fraction of sp³-hybridized carbons (Fsp3) is 0.765. The maximum Gasteiger partial charge on any atom is 0.0330 e. The van der Waals surface area contributed by atoms with Gasteiger partial charge < -0.3 is 5.32 Å². The van der Waals surface area contributed by atoms with Crippen molar-refractivity contribution in [3.05, 3.63) is 22.4 Å². The van der Waals surface area contributed by atoms with Crippen molar-refractivity contribution in [3.8, 4) is 0 Å². The van der Waals surface area contributed by atoms with E-state index in [-0.39, 0.29) is 0 Å². The molecule has 1 unspecified atom stereocenters. The van der Waals surface area contributed by atoms with Crippen LogP contribution in [0.25, 0.3) is 0 Å². The molecule has 0 radical (unpaired) electrons. The number of rotatable bonds is 9. The molecular formula is C17H30N2S. The van der Waals surface area contributed by atoms with Crippen LogP contribution in [0.3, 0.4) is 0 Å². The standard InChI is InChI=1S/C17H30N2S/c1-5-17(4,12-18-15-8-9-15)13-19(14(2)3)11-16-7-6-10-20-16/h6-7,10,14-15,18H,5,8-9,11-13H2,1-4H3. The van der Waals surface area contributed by atoms with Gasteiger partial charge in [-0.05, 0) is 50.0 Å². The minimum atomic E-state index is 0.379. The summed E-state index contributed by atoms with van der Waals surface area (Å²) in [6.45, 7) is 12.8. The third-order valence-corrected chi connectivity index (χ3v) is 5.36. The van der Waals surface area contributed by atoms with E-state index < -0.39 is 0 Å². The lowest BCUT2D eigenvalue weighted by Gasteiger charge is -2.37. The highest BCUT2D eigenvalue weighted by Crippen LogP contribution is 2.27. The Bertz CT molecular complexity index is 384. The van der Waals surface area contributed by atoms with Crippen molar-refractivity contribution in [2.75, 3.05) is 13.1 Å². The zero-order valence-corrected chi connectivity index (χ0v) is 14.3. The molecule has 1 saturated carbocycles. The van der Waals surface area contributed by atoms with Gasteiger partial charge in [0.05, 0.1) is 0 Å². The molecule has 1 aliphatic carbocycles. The summed E-state index contributed by atoms with van der Waals surface area (Å²) in [7, 11) is 0. The Kier molecular flexibility index (Phi) is 5.65. The quantitative estimate of drug-likeness (QED) is 0.737. The van der Waals surface area contributed by atoms with Crippen molar-refractivity contribution in [3.63, 3.8) is 0 Å². The van der Waals surface area contributed by atoms with Gasteiger partial charge in [0.2, 0.25) is 0 Å². The minimum absolute atomic E-state index is 0.379. The predicted molar refractivity (Wildman–Crippen MR) is 89.3 cm³/mol. The average molecular weight is 295 g/mol. The number of nitrogens with one attached hydrogen (secondary N) is 1. The molecule has 2 rings (SSSR count). The number of hydrogen-bond donors (Lipinski definition) is 1. The van der Waals surface area contributed by atoms with Gasteiger partial charge in [-0.1, -0.05) is 19.9 Å². The summed E-state index contributed by atoms with van der Waals surface area (Å²) in [5, 5.41) is 5.91. The van der Waals surface area contributed by atoms with Crippen molar-refractivity contribution >= 4 is 11.3 Å². The predicted octanol–water partition coefficient (Wildman–Crippen LogP) is 4.13. The fourth-order valence-electron chi connectivity index (χ4n) is 2.48. The van der Waals surface area contributed by atoms with Crippen LogP contribution in [0.1, 0.15) is 51.8 Å². The maximum absolute atomic E-state index is 3.73. The molecule has 1 atom stereocenters. The monoisotopic (exact) mass is 294 g/mol. The van der Waals surface area contributed by atoms with Gasteiger partial charge in [0.15, 0.2) is 0 Å². The molecule has 114 valence electrons. The van der Waals surface area contributed by atoms with Crippen LogP contribution in [0.5, 0.6) is 0 Å². The Morgan fingerprint density at radius 1 is 1.45 bits per heavy atom. The van der Waals surface area contributed by atoms with E-state index in [0.717, 1.165) is 19.1 Å². The normalized spacial score (nSPS) is 18.7. The van der Waals surface area contributed by atoms with Crippen molar-refractivity contribution in [2.24, 2.45) is 5.41 Å². The molecule has 1 heterocycles. The van der Waals surface area contributed by atoms with E-state index in [1.807, 2.05) is 11.3 Å². The Hall–Kier alpha value is -0.380. The smallest absolute Gasteiger partial charge is 0.0330 e. The van der Waals surface area contributed by atoms with Crippen LogP contribution < -0.4 is 5.32 Å². The second-order valence-corrected chi connectivity index (χ2v) is 7.93. The third-order valence-electron chi connectivity index (χ3n) is 4.50. The van der Waals surface area contributed by atoms with Gasteiger partial charge in [-0.25, -0.2) is 0 Å². The first-order valence-corrected chi connectivity index (χ1v) is 8.90. The topological polar surface area (TPSA) is 15.3 Å². The third kappa shape index (κ3) is 4.87. The van der Waals surface area contributed by atoms with E-state index >= 15 is 0 Å². The summed E-state index contributed by atoms with van der Waals surface area (Å²) >= 11 is 1.87. The van der Waals surface area contributed by atoms with Crippen LogP contribution in [0.4, 0.5) is 0 Å². The Balaban J connectivity index is 1.92. The van der Waals surface area contributed by atoms with E-state index in [0.29, 0.717) is 11.5 Å². The van der Waals surface area contributed by atoms with Gasteiger partial charge in [0.1, 0.15) is 0 Å². The molecule has 0 aliphatic heterocycles. The Labute approximate surface area is 128 Å². The van der Waals surface area contributed by atoms with E-state index in [2.05, 4.69) is 55.4 Å². The van der Waals surface area contributed by atoms with Crippen molar-refractivity contribution in [1.82, 2.24) is 10.2 Å². The van der Waals surface area contributed by atoms with Gasteiger partial charge >= 0.3 is 0 Å². The van der Waals surface area contributed by atoms with Crippen LogP contribution in [-0.2, 0) is 6.54 Å². The molecule has 1 aromatic rings. The molecule has 0 bridgehead atoms. The average Bonchev–Trinajstić information content (AvgIpc) is 3.12.